The number of nitriles is 1. The highest BCUT2D eigenvalue weighted by atomic mass is 15.1. The van der Waals surface area contributed by atoms with Crippen molar-refractivity contribution in [3.8, 4) is 6.07 Å². The molecular formula is C13H16N2. The van der Waals surface area contributed by atoms with Gasteiger partial charge in [-0.05, 0) is 30.9 Å². The minimum Gasteiger partial charge on any atom is -0.371 e. The van der Waals surface area contributed by atoms with Crippen molar-refractivity contribution in [1.29, 1.82) is 5.26 Å². The number of piperidine rings is 1. The molecular weight excluding hydrogens is 184 g/mol. The maximum Gasteiger partial charge on any atom is 0.0625 e. The lowest BCUT2D eigenvalue weighted by Crippen LogP contribution is -2.35. The molecule has 15 heavy (non-hydrogen) atoms. The summed E-state index contributed by atoms with van der Waals surface area (Å²) in [4.78, 5) is 2.39. The van der Waals surface area contributed by atoms with E-state index < -0.39 is 0 Å². The molecule has 1 heterocycles. The van der Waals surface area contributed by atoms with E-state index in [0.717, 1.165) is 13.1 Å². The number of rotatable bonds is 2. The first kappa shape index (κ1) is 10.0. The molecule has 1 unspecified atom stereocenters. The van der Waals surface area contributed by atoms with Gasteiger partial charge in [0.15, 0.2) is 0 Å². The predicted molar refractivity (Wildman–Crippen MR) is 61.6 cm³/mol. The Hall–Kier alpha value is -1.49. The lowest BCUT2D eigenvalue weighted by Gasteiger charge is -2.33. The largest absolute Gasteiger partial charge is 0.371 e. The minimum absolute atomic E-state index is 0.559. The Kier molecular flexibility index (Phi) is 3.24. The van der Waals surface area contributed by atoms with E-state index in [4.69, 9.17) is 5.26 Å². The molecule has 2 heteroatoms. The van der Waals surface area contributed by atoms with Crippen LogP contribution in [0.4, 0.5) is 5.69 Å². The second kappa shape index (κ2) is 4.84. The molecule has 1 aliphatic rings. The average Bonchev–Trinajstić information content (AvgIpc) is 2.31. The van der Waals surface area contributed by atoms with Crippen LogP contribution in [0, 0.1) is 17.2 Å². The van der Waals surface area contributed by atoms with Gasteiger partial charge in [-0.3, -0.25) is 0 Å². The van der Waals surface area contributed by atoms with Crippen molar-refractivity contribution in [3.63, 3.8) is 0 Å². The summed E-state index contributed by atoms with van der Waals surface area (Å²) in [6, 6.07) is 12.8. The van der Waals surface area contributed by atoms with Crippen LogP contribution >= 0.6 is 0 Å². The van der Waals surface area contributed by atoms with E-state index in [1.807, 2.05) is 6.07 Å². The molecule has 0 amide bonds. The molecule has 78 valence electrons. The lowest BCUT2D eigenvalue weighted by atomic mass is 9.95. The summed E-state index contributed by atoms with van der Waals surface area (Å²) in [6.45, 7) is 2.17. The molecule has 2 rings (SSSR count). The maximum atomic E-state index is 8.71. The topological polar surface area (TPSA) is 27.0 Å². The van der Waals surface area contributed by atoms with E-state index >= 15 is 0 Å². The smallest absolute Gasteiger partial charge is 0.0625 e. The zero-order valence-electron chi connectivity index (χ0n) is 8.89. The molecule has 1 aliphatic heterocycles. The van der Waals surface area contributed by atoms with Gasteiger partial charge in [-0.1, -0.05) is 18.2 Å². The normalized spacial score (nSPS) is 21.0. The SMILES string of the molecule is N#CCC1CCCN(c2ccccc2)C1. The Balaban J connectivity index is 2.02. The van der Waals surface area contributed by atoms with Crippen molar-refractivity contribution in [1.82, 2.24) is 0 Å². The van der Waals surface area contributed by atoms with Crippen LogP contribution in [0.25, 0.3) is 0 Å². The van der Waals surface area contributed by atoms with Crippen molar-refractivity contribution >= 4 is 5.69 Å². The van der Waals surface area contributed by atoms with Gasteiger partial charge in [0.05, 0.1) is 6.07 Å². The molecule has 1 fully saturated rings. The van der Waals surface area contributed by atoms with Crippen LogP contribution in [-0.2, 0) is 0 Å². The molecule has 1 aromatic rings. The average molecular weight is 200 g/mol. The fourth-order valence-electron chi connectivity index (χ4n) is 2.23. The number of anilines is 1. The summed E-state index contributed by atoms with van der Waals surface area (Å²) in [7, 11) is 0. The third kappa shape index (κ3) is 2.50. The highest BCUT2D eigenvalue weighted by Crippen LogP contribution is 2.24. The van der Waals surface area contributed by atoms with Crippen LogP contribution in [-0.4, -0.2) is 13.1 Å². The molecule has 0 spiro atoms. The summed E-state index contributed by atoms with van der Waals surface area (Å²) in [5.41, 5.74) is 1.29. The van der Waals surface area contributed by atoms with E-state index in [0.29, 0.717) is 12.3 Å². The Morgan fingerprint density at radius 2 is 2.13 bits per heavy atom. The molecule has 0 aromatic heterocycles. The standard InChI is InChI=1S/C13H16N2/c14-9-8-12-5-4-10-15(11-12)13-6-2-1-3-7-13/h1-3,6-7,12H,4-5,8,10-11H2. The summed E-state index contributed by atoms with van der Waals surface area (Å²) >= 11 is 0. The summed E-state index contributed by atoms with van der Waals surface area (Å²) in [6.07, 6.45) is 3.11. The van der Waals surface area contributed by atoms with Gasteiger partial charge < -0.3 is 4.90 Å². The first-order valence-electron chi connectivity index (χ1n) is 5.57. The molecule has 0 radical (unpaired) electrons. The van der Waals surface area contributed by atoms with Gasteiger partial charge in [0.2, 0.25) is 0 Å². The maximum absolute atomic E-state index is 8.71. The van der Waals surface area contributed by atoms with E-state index in [1.54, 1.807) is 0 Å². The quantitative estimate of drug-likeness (QED) is 0.734. The van der Waals surface area contributed by atoms with Crippen LogP contribution in [0.15, 0.2) is 30.3 Å². The molecule has 1 aromatic carbocycles. The van der Waals surface area contributed by atoms with Gasteiger partial charge in [0.1, 0.15) is 0 Å². The number of benzene rings is 1. The van der Waals surface area contributed by atoms with Gasteiger partial charge in [0, 0.05) is 25.2 Å². The van der Waals surface area contributed by atoms with Crippen molar-refractivity contribution in [3.05, 3.63) is 30.3 Å². The van der Waals surface area contributed by atoms with Gasteiger partial charge in [-0.25, -0.2) is 0 Å². The molecule has 1 atom stereocenters. The lowest BCUT2D eigenvalue weighted by molar-refractivity contribution is 0.422. The Labute approximate surface area is 91.1 Å². The van der Waals surface area contributed by atoms with Crippen molar-refractivity contribution in [2.75, 3.05) is 18.0 Å². The summed E-state index contributed by atoms with van der Waals surface area (Å²) < 4.78 is 0. The zero-order valence-corrected chi connectivity index (χ0v) is 8.89. The fourth-order valence-corrected chi connectivity index (χ4v) is 2.23. The highest BCUT2D eigenvalue weighted by molar-refractivity contribution is 5.46. The monoisotopic (exact) mass is 200 g/mol. The predicted octanol–water partition coefficient (Wildman–Crippen LogP) is 2.82. The van der Waals surface area contributed by atoms with Gasteiger partial charge >= 0.3 is 0 Å². The molecule has 1 saturated heterocycles. The molecule has 2 nitrogen and oxygen atoms in total. The second-order valence-electron chi connectivity index (χ2n) is 4.15. The first-order valence-corrected chi connectivity index (χ1v) is 5.57. The van der Waals surface area contributed by atoms with Gasteiger partial charge in [-0.2, -0.15) is 5.26 Å². The number of hydrogen-bond acceptors (Lipinski definition) is 2. The van der Waals surface area contributed by atoms with Gasteiger partial charge in [0.25, 0.3) is 0 Å². The van der Waals surface area contributed by atoms with Crippen molar-refractivity contribution in [2.45, 2.75) is 19.3 Å². The molecule has 0 saturated carbocycles. The summed E-state index contributed by atoms with van der Waals surface area (Å²) in [5.74, 6) is 0.559. The molecule has 0 bridgehead atoms. The van der Waals surface area contributed by atoms with Crippen LogP contribution < -0.4 is 4.90 Å². The summed E-state index contributed by atoms with van der Waals surface area (Å²) in [5, 5.41) is 8.71. The van der Waals surface area contributed by atoms with Crippen LogP contribution in [0.1, 0.15) is 19.3 Å². The third-order valence-corrected chi connectivity index (χ3v) is 3.02. The fraction of sp³-hybridized carbons (Fsp3) is 0.462. The minimum atomic E-state index is 0.559. The van der Waals surface area contributed by atoms with Gasteiger partial charge in [-0.15, -0.1) is 0 Å². The van der Waals surface area contributed by atoms with Crippen molar-refractivity contribution < 1.29 is 0 Å². The number of nitrogens with zero attached hydrogens (tertiary/aromatic N) is 2. The molecule has 0 N–H and O–H groups in total. The van der Waals surface area contributed by atoms with E-state index in [-0.39, 0.29) is 0 Å². The highest BCUT2D eigenvalue weighted by Gasteiger charge is 2.19. The second-order valence-corrected chi connectivity index (χ2v) is 4.15. The van der Waals surface area contributed by atoms with Crippen LogP contribution in [0.3, 0.4) is 0 Å². The number of hydrogen-bond donors (Lipinski definition) is 0. The van der Waals surface area contributed by atoms with Crippen molar-refractivity contribution in [2.24, 2.45) is 5.92 Å². The Bertz CT molecular complexity index is 339. The Morgan fingerprint density at radius 1 is 1.33 bits per heavy atom. The van der Waals surface area contributed by atoms with E-state index in [1.165, 1.54) is 18.5 Å². The van der Waals surface area contributed by atoms with Crippen LogP contribution in [0.5, 0.6) is 0 Å². The zero-order chi connectivity index (χ0) is 10.5. The van der Waals surface area contributed by atoms with E-state index in [2.05, 4.69) is 35.2 Å². The Morgan fingerprint density at radius 3 is 2.87 bits per heavy atom. The number of para-hydroxylation sites is 1. The van der Waals surface area contributed by atoms with E-state index in [9.17, 15) is 0 Å². The first-order chi connectivity index (χ1) is 7.40. The third-order valence-electron chi connectivity index (χ3n) is 3.02. The molecule has 0 aliphatic carbocycles. The van der Waals surface area contributed by atoms with Crippen LogP contribution in [0.2, 0.25) is 0 Å².